The maximum absolute atomic E-state index is 11.9. The van der Waals surface area contributed by atoms with Crippen LogP contribution < -0.4 is 5.43 Å². The van der Waals surface area contributed by atoms with Crippen LogP contribution in [0.2, 0.25) is 5.02 Å². The topological polar surface area (TPSA) is 61.7 Å². The molecule has 0 saturated heterocycles. The van der Waals surface area contributed by atoms with Crippen molar-refractivity contribution in [1.82, 2.24) is 5.43 Å². The Kier molecular flexibility index (Phi) is 4.38. The van der Waals surface area contributed by atoms with E-state index in [1.165, 1.54) is 12.1 Å². The Balaban J connectivity index is 2.11. The SMILES string of the molecule is CC(=NNC(=O)c1ccccc1O)c1ccc(Cl)cc1. The second-order valence-corrected chi connectivity index (χ2v) is 4.60. The number of aromatic hydroxyl groups is 1. The molecule has 0 radical (unpaired) electrons. The second-order valence-electron chi connectivity index (χ2n) is 4.16. The zero-order valence-electron chi connectivity index (χ0n) is 10.8. The molecule has 0 atom stereocenters. The summed E-state index contributed by atoms with van der Waals surface area (Å²) in [5.41, 5.74) is 4.09. The molecular formula is C15H13ClN2O2. The van der Waals surface area contributed by atoms with E-state index in [1.54, 1.807) is 31.2 Å². The smallest absolute Gasteiger partial charge is 0.275 e. The molecule has 0 aliphatic heterocycles. The highest BCUT2D eigenvalue weighted by Gasteiger charge is 2.09. The number of phenols is 1. The van der Waals surface area contributed by atoms with Gasteiger partial charge < -0.3 is 5.11 Å². The first-order valence-electron chi connectivity index (χ1n) is 5.96. The van der Waals surface area contributed by atoms with Gasteiger partial charge in [-0.15, -0.1) is 0 Å². The zero-order valence-corrected chi connectivity index (χ0v) is 11.6. The predicted molar refractivity (Wildman–Crippen MR) is 79.2 cm³/mol. The van der Waals surface area contributed by atoms with E-state index in [-0.39, 0.29) is 11.3 Å². The molecule has 1 amide bonds. The van der Waals surface area contributed by atoms with Crippen LogP contribution in [0.1, 0.15) is 22.8 Å². The monoisotopic (exact) mass is 288 g/mol. The molecule has 0 aliphatic rings. The number of para-hydroxylation sites is 1. The summed E-state index contributed by atoms with van der Waals surface area (Å²) in [5, 5.41) is 14.2. The molecular weight excluding hydrogens is 276 g/mol. The fraction of sp³-hybridized carbons (Fsp3) is 0.0667. The Morgan fingerprint density at radius 1 is 1.15 bits per heavy atom. The lowest BCUT2D eigenvalue weighted by atomic mass is 10.1. The first kappa shape index (κ1) is 14.1. The van der Waals surface area contributed by atoms with Crippen LogP contribution in [-0.2, 0) is 0 Å². The number of rotatable bonds is 3. The van der Waals surface area contributed by atoms with Gasteiger partial charge in [-0.05, 0) is 36.8 Å². The van der Waals surface area contributed by atoms with Gasteiger partial charge in [0, 0.05) is 5.02 Å². The Labute approximate surface area is 121 Å². The maximum Gasteiger partial charge on any atom is 0.275 e. The molecule has 0 fully saturated rings. The fourth-order valence-corrected chi connectivity index (χ4v) is 1.74. The number of hydrogen-bond donors (Lipinski definition) is 2. The van der Waals surface area contributed by atoms with E-state index < -0.39 is 5.91 Å². The number of nitrogens with zero attached hydrogens (tertiary/aromatic N) is 1. The van der Waals surface area contributed by atoms with Crippen molar-refractivity contribution in [2.24, 2.45) is 5.10 Å². The van der Waals surface area contributed by atoms with Gasteiger partial charge in [-0.3, -0.25) is 4.79 Å². The summed E-state index contributed by atoms with van der Waals surface area (Å²) < 4.78 is 0. The Morgan fingerprint density at radius 3 is 2.45 bits per heavy atom. The minimum absolute atomic E-state index is 0.0793. The van der Waals surface area contributed by atoms with Crippen LogP contribution in [0, 0.1) is 0 Å². The lowest BCUT2D eigenvalue weighted by Crippen LogP contribution is -2.19. The largest absolute Gasteiger partial charge is 0.507 e. The summed E-state index contributed by atoms with van der Waals surface area (Å²) in [4.78, 5) is 11.9. The van der Waals surface area contributed by atoms with Gasteiger partial charge in [0.15, 0.2) is 0 Å². The van der Waals surface area contributed by atoms with E-state index in [0.717, 1.165) is 5.56 Å². The van der Waals surface area contributed by atoms with Crippen molar-refractivity contribution in [3.63, 3.8) is 0 Å². The molecule has 5 heteroatoms. The van der Waals surface area contributed by atoms with Crippen molar-refractivity contribution in [3.8, 4) is 5.75 Å². The van der Waals surface area contributed by atoms with Crippen LogP contribution in [0.25, 0.3) is 0 Å². The van der Waals surface area contributed by atoms with Crippen LogP contribution in [0.4, 0.5) is 0 Å². The van der Waals surface area contributed by atoms with Crippen molar-refractivity contribution < 1.29 is 9.90 Å². The van der Waals surface area contributed by atoms with Gasteiger partial charge in [0.1, 0.15) is 5.75 Å². The molecule has 102 valence electrons. The van der Waals surface area contributed by atoms with Gasteiger partial charge in [0.25, 0.3) is 5.91 Å². The molecule has 20 heavy (non-hydrogen) atoms. The summed E-state index contributed by atoms with van der Waals surface area (Å²) in [6, 6.07) is 13.4. The molecule has 2 N–H and O–H groups in total. The van der Waals surface area contributed by atoms with Gasteiger partial charge >= 0.3 is 0 Å². The Bertz CT molecular complexity index is 651. The number of nitrogens with one attached hydrogen (secondary N) is 1. The first-order valence-corrected chi connectivity index (χ1v) is 6.34. The standard InChI is InChI=1S/C15H13ClN2O2/c1-10(11-6-8-12(16)9-7-11)17-18-15(20)13-4-2-3-5-14(13)19/h2-9,19H,1H3,(H,18,20). The van der Waals surface area contributed by atoms with E-state index in [9.17, 15) is 9.90 Å². The molecule has 2 rings (SSSR count). The van der Waals surface area contributed by atoms with Crippen molar-refractivity contribution in [3.05, 3.63) is 64.7 Å². The highest BCUT2D eigenvalue weighted by Crippen LogP contribution is 2.15. The predicted octanol–water partition coefficient (Wildman–Crippen LogP) is 3.20. The number of benzene rings is 2. The highest BCUT2D eigenvalue weighted by atomic mass is 35.5. The summed E-state index contributed by atoms with van der Waals surface area (Å²) in [6.07, 6.45) is 0. The lowest BCUT2D eigenvalue weighted by molar-refractivity contribution is 0.0952. The summed E-state index contributed by atoms with van der Waals surface area (Å²) in [7, 11) is 0. The molecule has 4 nitrogen and oxygen atoms in total. The third-order valence-corrected chi connectivity index (χ3v) is 2.99. The quantitative estimate of drug-likeness (QED) is 0.673. The number of phenolic OH excluding ortho intramolecular Hbond substituents is 1. The molecule has 0 aliphatic carbocycles. The summed E-state index contributed by atoms with van der Waals surface area (Å²) in [6.45, 7) is 1.77. The molecule has 0 spiro atoms. The molecule has 0 unspecified atom stereocenters. The van der Waals surface area contributed by atoms with Crippen molar-refractivity contribution in [2.45, 2.75) is 6.92 Å². The van der Waals surface area contributed by atoms with Gasteiger partial charge in [0.2, 0.25) is 0 Å². The zero-order chi connectivity index (χ0) is 14.5. The Morgan fingerprint density at radius 2 is 1.80 bits per heavy atom. The third kappa shape index (κ3) is 3.36. The van der Waals surface area contributed by atoms with Gasteiger partial charge in [-0.25, -0.2) is 5.43 Å². The number of hydrogen-bond acceptors (Lipinski definition) is 3. The Hall–Kier alpha value is -2.33. The molecule has 0 bridgehead atoms. The molecule has 0 aromatic heterocycles. The number of carbonyl (C=O) groups is 1. The van der Waals surface area contributed by atoms with E-state index >= 15 is 0 Å². The third-order valence-electron chi connectivity index (χ3n) is 2.74. The summed E-state index contributed by atoms with van der Waals surface area (Å²) >= 11 is 5.80. The minimum atomic E-state index is -0.462. The molecule has 2 aromatic carbocycles. The molecule has 2 aromatic rings. The second kappa shape index (κ2) is 6.21. The van der Waals surface area contributed by atoms with Crippen LogP contribution >= 0.6 is 11.6 Å². The van der Waals surface area contributed by atoms with E-state index in [1.807, 2.05) is 12.1 Å². The highest BCUT2D eigenvalue weighted by molar-refractivity contribution is 6.30. The first-order chi connectivity index (χ1) is 9.58. The van der Waals surface area contributed by atoms with E-state index in [2.05, 4.69) is 10.5 Å². The van der Waals surface area contributed by atoms with Crippen LogP contribution in [0.15, 0.2) is 53.6 Å². The normalized spacial score (nSPS) is 11.2. The van der Waals surface area contributed by atoms with Crippen molar-refractivity contribution in [1.29, 1.82) is 0 Å². The van der Waals surface area contributed by atoms with Crippen LogP contribution in [-0.4, -0.2) is 16.7 Å². The molecule has 0 heterocycles. The molecule has 0 saturated carbocycles. The van der Waals surface area contributed by atoms with Crippen LogP contribution in [0.5, 0.6) is 5.75 Å². The van der Waals surface area contributed by atoms with Gasteiger partial charge in [0.05, 0.1) is 11.3 Å². The number of halogens is 1. The number of hydrazone groups is 1. The van der Waals surface area contributed by atoms with Gasteiger partial charge in [-0.2, -0.15) is 5.10 Å². The lowest BCUT2D eigenvalue weighted by Gasteiger charge is -2.04. The van der Waals surface area contributed by atoms with Crippen molar-refractivity contribution in [2.75, 3.05) is 0 Å². The maximum atomic E-state index is 11.9. The van der Waals surface area contributed by atoms with Crippen LogP contribution in [0.3, 0.4) is 0 Å². The van der Waals surface area contributed by atoms with E-state index in [0.29, 0.717) is 10.7 Å². The van der Waals surface area contributed by atoms with Crippen molar-refractivity contribution >= 4 is 23.2 Å². The van der Waals surface area contributed by atoms with Gasteiger partial charge in [-0.1, -0.05) is 35.9 Å². The summed E-state index contributed by atoms with van der Waals surface area (Å²) in [5.74, 6) is -0.541. The average Bonchev–Trinajstić information content (AvgIpc) is 2.45. The number of amides is 1. The van der Waals surface area contributed by atoms with E-state index in [4.69, 9.17) is 11.6 Å². The number of carbonyl (C=O) groups excluding carboxylic acids is 1. The minimum Gasteiger partial charge on any atom is -0.507 e. The fourth-order valence-electron chi connectivity index (χ4n) is 1.62. The average molecular weight is 289 g/mol.